The first-order chi connectivity index (χ1) is 14.1. The van der Waals surface area contributed by atoms with Crippen LogP contribution in [0.2, 0.25) is 0 Å². The second-order valence-electron chi connectivity index (χ2n) is 7.46. The van der Waals surface area contributed by atoms with Gasteiger partial charge in [0, 0.05) is 24.2 Å². The second kappa shape index (κ2) is 10.3. The molecule has 0 saturated heterocycles. The van der Waals surface area contributed by atoms with Crippen molar-refractivity contribution >= 4 is 17.7 Å². The lowest BCUT2D eigenvalue weighted by atomic mass is 10.0. The van der Waals surface area contributed by atoms with Crippen molar-refractivity contribution in [2.45, 2.75) is 38.9 Å². The molecule has 0 unspecified atom stereocenters. The fraction of sp³-hybridized carbons (Fsp3) is 0.333. The Morgan fingerprint density at radius 3 is 2.24 bits per heavy atom. The number of thioether (sulfide) groups is 1. The summed E-state index contributed by atoms with van der Waals surface area (Å²) in [6, 6.07) is 20.7. The lowest BCUT2D eigenvalue weighted by Crippen LogP contribution is -2.28. The molecular weight excluding hydrogens is 378 g/mol. The van der Waals surface area contributed by atoms with Crippen LogP contribution in [0.15, 0.2) is 65.8 Å². The molecule has 0 atom stereocenters. The maximum atomic E-state index is 12.3. The predicted molar refractivity (Wildman–Crippen MR) is 122 cm³/mol. The monoisotopic (exact) mass is 407 g/mol. The van der Waals surface area contributed by atoms with E-state index in [1.54, 1.807) is 0 Å². The Bertz CT molecular complexity index is 920. The van der Waals surface area contributed by atoms with Gasteiger partial charge in [0.05, 0.1) is 17.1 Å². The normalized spacial score (nSPS) is 11.0. The van der Waals surface area contributed by atoms with Crippen LogP contribution < -0.4 is 5.32 Å². The predicted octanol–water partition coefficient (Wildman–Crippen LogP) is 5.49. The van der Waals surface area contributed by atoms with Gasteiger partial charge in [-0.25, -0.2) is 4.98 Å². The Morgan fingerprint density at radius 1 is 1.03 bits per heavy atom. The molecule has 4 nitrogen and oxygen atoms in total. The molecule has 29 heavy (non-hydrogen) atoms. The van der Waals surface area contributed by atoms with E-state index in [1.807, 2.05) is 24.3 Å². The smallest absolute Gasteiger partial charge is 0.230 e. The van der Waals surface area contributed by atoms with Gasteiger partial charge in [-0.2, -0.15) is 0 Å². The Labute approximate surface area is 177 Å². The Hall–Kier alpha value is -2.53. The first-order valence-electron chi connectivity index (χ1n) is 10.2. The highest BCUT2D eigenvalue weighted by Gasteiger charge is 2.20. The van der Waals surface area contributed by atoms with Gasteiger partial charge in [-0.15, -0.1) is 0 Å². The summed E-state index contributed by atoms with van der Waals surface area (Å²) in [6.45, 7) is 7.92. The van der Waals surface area contributed by atoms with Gasteiger partial charge in [-0.1, -0.05) is 93.2 Å². The van der Waals surface area contributed by atoms with Crippen molar-refractivity contribution in [3.8, 4) is 22.5 Å². The molecule has 0 radical (unpaired) electrons. The quantitative estimate of drug-likeness (QED) is 0.477. The number of hydrogen-bond donors (Lipinski definition) is 1. The number of imidazole rings is 1. The zero-order valence-corrected chi connectivity index (χ0v) is 18.2. The Balaban J connectivity index is 1.98. The lowest BCUT2D eigenvalue weighted by molar-refractivity contribution is -0.118. The second-order valence-corrected chi connectivity index (χ2v) is 8.40. The number of nitrogens with one attached hydrogen (secondary N) is 1. The summed E-state index contributed by atoms with van der Waals surface area (Å²) >= 11 is 1.51. The van der Waals surface area contributed by atoms with Crippen molar-refractivity contribution in [1.82, 2.24) is 14.9 Å². The molecule has 0 spiro atoms. The maximum absolute atomic E-state index is 12.3. The molecule has 1 heterocycles. The van der Waals surface area contributed by atoms with E-state index in [4.69, 9.17) is 4.98 Å². The van der Waals surface area contributed by atoms with Crippen LogP contribution in [-0.2, 0) is 11.3 Å². The van der Waals surface area contributed by atoms with Gasteiger partial charge in [0.2, 0.25) is 5.91 Å². The molecule has 0 saturated carbocycles. The number of aromatic nitrogens is 2. The largest absolute Gasteiger partial charge is 0.355 e. The summed E-state index contributed by atoms with van der Waals surface area (Å²) in [5, 5.41) is 3.88. The average Bonchev–Trinajstić information content (AvgIpc) is 3.10. The summed E-state index contributed by atoms with van der Waals surface area (Å²) < 4.78 is 2.26. The van der Waals surface area contributed by atoms with E-state index in [2.05, 4.69) is 67.1 Å². The Morgan fingerprint density at radius 2 is 1.66 bits per heavy atom. The zero-order chi connectivity index (χ0) is 20.6. The van der Waals surface area contributed by atoms with E-state index in [0.717, 1.165) is 40.6 Å². The molecule has 2 aromatic carbocycles. The van der Waals surface area contributed by atoms with E-state index < -0.39 is 0 Å². The standard InChI is InChI=1S/C24H29N3OS/c1-4-15-27-23(20-13-9-6-10-14-20)22(19-11-7-5-8-12-19)26-24(27)29-17-21(28)25-16-18(2)3/h5-14,18H,4,15-17H2,1-3H3,(H,25,28). The summed E-state index contributed by atoms with van der Waals surface area (Å²) in [7, 11) is 0. The van der Waals surface area contributed by atoms with Crippen LogP contribution in [0.5, 0.6) is 0 Å². The van der Waals surface area contributed by atoms with Gasteiger partial charge >= 0.3 is 0 Å². The van der Waals surface area contributed by atoms with Gasteiger partial charge < -0.3 is 9.88 Å². The number of carbonyl (C=O) groups excluding carboxylic acids is 1. The fourth-order valence-corrected chi connectivity index (χ4v) is 4.02. The van der Waals surface area contributed by atoms with Crippen molar-refractivity contribution in [3.63, 3.8) is 0 Å². The van der Waals surface area contributed by atoms with E-state index >= 15 is 0 Å². The number of rotatable bonds is 9. The SMILES string of the molecule is CCCn1c(SCC(=O)NCC(C)C)nc(-c2ccccc2)c1-c1ccccc1. The summed E-state index contributed by atoms with van der Waals surface area (Å²) in [4.78, 5) is 17.2. The number of benzene rings is 2. The molecule has 3 rings (SSSR count). The molecule has 3 aromatic rings. The molecule has 0 aliphatic rings. The summed E-state index contributed by atoms with van der Waals surface area (Å²) in [5.41, 5.74) is 4.31. The number of hydrogen-bond acceptors (Lipinski definition) is 3. The van der Waals surface area contributed by atoms with Gasteiger partial charge in [-0.05, 0) is 12.3 Å². The number of carbonyl (C=O) groups is 1. The van der Waals surface area contributed by atoms with Crippen molar-refractivity contribution in [1.29, 1.82) is 0 Å². The molecule has 5 heteroatoms. The fourth-order valence-electron chi connectivity index (χ4n) is 3.16. The van der Waals surface area contributed by atoms with E-state index in [0.29, 0.717) is 18.2 Å². The lowest BCUT2D eigenvalue weighted by Gasteiger charge is -2.12. The highest BCUT2D eigenvalue weighted by Crippen LogP contribution is 2.36. The topological polar surface area (TPSA) is 46.9 Å². The highest BCUT2D eigenvalue weighted by atomic mass is 32.2. The molecule has 0 bridgehead atoms. The Kier molecular flexibility index (Phi) is 7.53. The van der Waals surface area contributed by atoms with Gasteiger partial charge in [0.25, 0.3) is 0 Å². The van der Waals surface area contributed by atoms with Crippen LogP contribution in [-0.4, -0.2) is 27.8 Å². The third kappa shape index (κ3) is 5.51. The van der Waals surface area contributed by atoms with E-state index in [1.165, 1.54) is 11.8 Å². The molecule has 0 aliphatic heterocycles. The molecular formula is C24H29N3OS. The van der Waals surface area contributed by atoms with Crippen LogP contribution >= 0.6 is 11.8 Å². The molecule has 1 N–H and O–H groups in total. The summed E-state index contributed by atoms with van der Waals surface area (Å²) in [6.07, 6.45) is 0.998. The van der Waals surface area contributed by atoms with Crippen molar-refractivity contribution in [2.75, 3.05) is 12.3 Å². The minimum absolute atomic E-state index is 0.0530. The van der Waals surface area contributed by atoms with E-state index in [9.17, 15) is 4.79 Å². The molecule has 1 amide bonds. The number of amides is 1. The molecule has 1 aromatic heterocycles. The van der Waals surface area contributed by atoms with Crippen molar-refractivity contribution in [2.24, 2.45) is 5.92 Å². The molecule has 0 aliphatic carbocycles. The third-order valence-corrected chi connectivity index (χ3v) is 5.49. The summed E-state index contributed by atoms with van der Waals surface area (Å²) in [5.74, 6) is 0.869. The van der Waals surface area contributed by atoms with Crippen LogP contribution in [0.4, 0.5) is 0 Å². The maximum Gasteiger partial charge on any atom is 0.230 e. The van der Waals surface area contributed by atoms with Gasteiger partial charge in [-0.3, -0.25) is 4.79 Å². The third-order valence-electron chi connectivity index (χ3n) is 4.51. The van der Waals surface area contributed by atoms with E-state index in [-0.39, 0.29) is 5.91 Å². The average molecular weight is 408 g/mol. The van der Waals surface area contributed by atoms with Crippen LogP contribution in [0, 0.1) is 5.92 Å². The number of nitrogens with zero attached hydrogens (tertiary/aromatic N) is 2. The van der Waals surface area contributed by atoms with Crippen molar-refractivity contribution in [3.05, 3.63) is 60.7 Å². The minimum Gasteiger partial charge on any atom is -0.355 e. The molecule has 0 fully saturated rings. The van der Waals surface area contributed by atoms with Crippen LogP contribution in [0.25, 0.3) is 22.5 Å². The zero-order valence-electron chi connectivity index (χ0n) is 17.4. The van der Waals surface area contributed by atoms with Crippen LogP contribution in [0.3, 0.4) is 0 Å². The van der Waals surface area contributed by atoms with Crippen molar-refractivity contribution < 1.29 is 4.79 Å². The first-order valence-corrected chi connectivity index (χ1v) is 11.2. The van der Waals surface area contributed by atoms with Gasteiger partial charge in [0.15, 0.2) is 5.16 Å². The first kappa shape index (κ1) is 21.2. The minimum atomic E-state index is 0.0530. The van der Waals surface area contributed by atoms with Crippen LogP contribution in [0.1, 0.15) is 27.2 Å². The van der Waals surface area contributed by atoms with Gasteiger partial charge in [0.1, 0.15) is 0 Å². The molecule has 152 valence electrons. The highest BCUT2D eigenvalue weighted by molar-refractivity contribution is 7.99.